The first-order chi connectivity index (χ1) is 46.2. The summed E-state index contributed by atoms with van der Waals surface area (Å²) in [4.78, 5) is 0. The molecule has 0 N–H and O–H groups in total. The lowest BCUT2D eigenvalue weighted by Gasteiger charge is -2.37. The molecular weight excluding hydrogens is 1330 g/mol. The molecule has 0 aromatic rings. The Morgan fingerprint density at radius 1 is 0.204 bits per heavy atom. The second kappa shape index (κ2) is 62.0. The van der Waals surface area contributed by atoms with Crippen LogP contribution in [0.5, 0.6) is 0 Å². The maximum absolute atomic E-state index is 12.6. The molecule has 2 nitrogen and oxygen atoms in total. The zero-order chi connectivity index (χ0) is 68.4. The van der Waals surface area contributed by atoms with Crippen molar-refractivity contribution in [1.29, 1.82) is 0 Å². The molecule has 13 fully saturated rings. The maximum Gasteiger partial charge on any atom is 0.391 e. The lowest BCUT2D eigenvalue weighted by molar-refractivity contribution is -0.185. The molecule has 0 bridgehead atoms. The Morgan fingerprint density at radius 3 is 0.509 bits per heavy atom. The molecule has 0 aromatic heterocycles. The normalized spacial score (nSPS) is 38.7. The summed E-state index contributed by atoms with van der Waals surface area (Å²) in [6.45, 7) is 25.2. The zero-order valence-electron chi connectivity index (χ0n) is 65.9. The van der Waals surface area contributed by atoms with E-state index in [0.29, 0.717) is 31.0 Å². The predicted octanol–water partition coefficient (Wildman–Crippen LogP) is 40.2. The van der Waals surface area contributed by atoms with Crippen molar-refractivity contribution in [3.63, 3.8) is 0 Å². The van der Waals surface area contributed by atoms with Gasteiger partial charge < -0.3 is 9.47 Å². The SMILES string of the molecule is C.C.C.C.C.C.C.C.C.C.C.C.CC1CCC(C2CCC(C(F)(F)F)CC2)CC1.CC1CCC(C2CCC(C)CC2)CC1.CC1CCC(C2CCC(C)CC2)CC1.CC1CCC(C2CCC(C)CC2)CC1.CC1CCC(OCC2CCC(C3CCC(C)CC3)CC2)CC1.COC1CCC(C2CCC(C)CC2)CC1.[HH].[HH].[HH].[HH].[HH].[HH].[HH].[HH].[HH].[HH].[HH].[HH].[HH]. The predicted molar refractivity (Wildman–Crippen MR) is 515 cm³/mol. The van der Waals surface area contributed by atoms with Crippen molar-refractivity contribution in [1.82, 2.24) is 0 Å². The Morgan fingerprint density at radius 2 is 0.343 bits per heavy atom. The Labute approximate surface area is 704 Å². The smallest absolute Gasteiger partial charge is 0.381 e. The highest BCUT2D eigenvalue weighted by atomic mass is 19.4. The van der Waals surface area contributed by atoms with Crippen molar-refractivity contribution in [2.24, 2.45) is 142 Å². The first-order valence-corrected chi connectivity index (χ1v) is 44.4. The third-order valence-electron chi connectivity index (χ3n) is 31.3. The van der Waals surface area contributed by atoms with Crippen molar-refractivity contribution in [3.8, 4) is 0 Å². The number of alkyl halides is 3. The van der Waals surface area contributed by atoms with E-state index in [2.05, 4.69) is 69.2 Å². The van der Waals surface area contributed by atoms with Crippen molar-refractivity contribution in [2.75, 3.05) is 13.7 Å². The van der Waals surface area contributed by atoms with Crippen LogP contribution in [0.15, 0.2) is 0 Å². The van der Waals surface area contributed by atoms with Crippen LogP contribution in [0.2, 0.25) is 0 Å². The summed E-state index contributed by atoms with van der Waals surface area (Å²) in [6, 6.07) is 0. The van der Waals surface area contributed by atoms with Gasteiger partial charge in [0.1, 0.15) is 0 Å². The van der Waals surface area contributed by atoms with Crippen molar-refractivity contribution in [2.45, 2.75) is 511 Å². The van der Waals surface area contributed by atoms with Gasteiger partial charge in [-0.1, -0.05) is 274 Å². The van der Waals surface area contributed by atoms with E-state index < -0.39 is 12.1 Å². The van der Waals surface area contributed by atoms with E-state index in [1.807, 2.05) is 7.11 Å². The number of rotatable bonds is 10. The minimum atomic E-state index is -3.95. The average Bonchev–Trinajstić information content (AvgIpc) is 0.823. The minimum absolute atomic E-state index is 0. The second-order valence-corrected chi connectivity index (χ2v) is 39.1. The highest BCUT2D eigenvalue weighted by Gasteiger charge is 2.43. The first kappa shape index (κ1) is 116. The van der Waals surface area contributed by atoms with Gasteiger partial charge in [-0.05, 0) is 354 Å². The standard InChI is InChI=1S/C21H38O.C14H23F3.C14H26O.3C14H26.12CH4.13H2/c1-16-3-9-19(10-4-16)20-11-7-18(8-12-20)15-22-21-13-5-17(2)6-14-21;1-10-2-4-11(5-3-10)12-6-8-13(9-7-12)14(15,16)17;1-11-3-5-12(6-4-11)13-7-9-14(15-2)10-8-13;3*1-11-3-7-13(8-4-11)14-9-5-12(2)6-10-14;;;;;;;;;;;;;;;;;;;;;;;;;/h16-21H,3-15H2,1-2H3;10-13H,2-9H2,1H3;11-14H,3-10H2,1-2H3;3*11-14H,3-10H2,1-2H3;12*1H4;13*1H. The quantitative estimate of drug-likeness (QED) is 0.217. The van der Waals surface area contributed by atoms with Gasteiger partial charge in [-0.2, -0.15) is 13.2 Å². The maximum atomic E-state index is 12.6. The fourth-order valence-corrected chi connectivity index (χ4v) is 23.0. The lowest BCUT2D eigenvalue weighted by atomic mass is 9.69. The first-order valence-electron chi connectivity index (χ1n) is 44.4. The second-order valence-electron chi connectivity index (χ2n) is 39.1. The Balaban J connectivity index is -0.0000000635. The molecule has 0 atom stereocenters. The third kappa shape index (κ3) is 41.7. The van der Waals surface area contributed by atoms with Crippen LogP contribution in [0, 0.1) is 142 Å². The summed E-state index contributed by atoms with van der Waals surface area (Å²) in [6.07, 6.45) is 70.0. The fourth-order valence-electron chi connectivity index (χ4n) is 23.0. The molecule has 108 heavy (non-hydrogen) atoms. The van der Waals surface area contributed by atoms with Crippen LogP contribution in [0.4, 0.5) is 13.2 Å². The summed E-state index contributed by atoms with van der Waals surface area (Å²) >= 11 is 0. The highest BCUT2D eigenvalue weighted by molar-refractivity contribution is 4.88. The van der Waals surface area contributed by atoms with Crippen LogP contribution in [-0.2, 0) is 9.47 Å². The van der Waals surface area contributed by atoms with Crippen LogP contribution in [-0.4, -0.2) is 32.1 Å². The van der Waals surface area contributed by atoms with E-state index in [-0.39, 0.29) is 108 Å². The van der Waals surface area contributed by atoms with Crippen LogP contribution in [0.25, 0.3) is 0 Å². The molecule has 0 aliphatic heterocycles. The van der Waals surface area contributed by atoms with Gasteiger partial charge in [0, 0.05) is 32.3 Å². The van der Waals surface area contributed by atoms with Gasteiger partial charge in [-0.3, -0.25) is 0 Å². The van der Waals surface area contributed by atoms with E-state index in [0.717, 1.165) is 150 Å². The van der Waals surface area contributed by atoms with Crippen LogP contribution >= 0.6 is 0 Å². The molecule has 13 rings (SSSR count). The molecule has 684 valence electrons. The van der Waals surface area contributed by atoms with Gasteiger partial charge >= 0.3 is 6.18 Å². The molecular formula is C103H239F3O2. The van der Waals surface area contributed by atoms with Crippen molar-refractivity contribution in [3.05, 3.63) is 0 Å². The number of hydrogen-bond acceptors (Lipinski definition) is 2. The van der Waals surface area contributed by atoms with Gasteiger partial charge in [0.25, 0.3) is 0 Å². The molecule has 13 aliphatic carbocycles. The van der Waals surface area contributed by atoms with E-state index in [1.54, 1.807) is 77.0 Å². The van der Waals surface area contributed by atoms with Gasteiger partial charge in [0.15, 0.2) is 0 Å². The molecule has 0 spiro atoms. The summed E-state index contributed by atoms with van der Waals surface area (Å²) in [5.74, 6) is 21.9. The minimum Gasteiger partial charge on any atom is -0.381 e. The van der Waals surface area contributed by atoms with E-state index in [1.165, 1.54) is 231 Å². The Kier molecular flexibility index (Phi) is 66.7. The summed E-state index contributed by atoms with van der Waals surface area (Å²) in [7, 11) is 1.87. The molecule has 13 aliphatic rings. The van der Waals surface area contributed by atoms with E-state index >= 15 is 0 Å². The number of methoxy groups -OCH3 is 1. The molecule has 5 heteroatoms. The monoisotopic (exact) mass is 1570 g/mol. The van der Waals surface area contributed by atoms with E-state index in [9.17, 15) is 13.2 Å². The van der Waals surface area contributed by atoms with Crippen LogP contribution in [0.1, 0.15) is 511 Å². The largest absolute Gasteiger partial charge is 0.391 e. The molecule has 0 heterocycles. The topological polar surface area (TPSA) is 18.5 Å². The Hall–Kier alpha value is -0.290. The highest BCUT2D eigenvalue weighted by Crippen LogP contribution is 2.49. The molecule has 13 saturated carbocycles. The summed E-state index contributed by atoms with van der Waals surface area (Å²) in [5.41, 5.74) is 0. The van der Waals surface area contributed by atoms with Gasteiger partial charge in [-0.25, -0.2) is 0 Å². The van der Waals surface area contributed by atoms with Gasteiger partial charge in [0.2, 0.25) is 0 Å². The zero-order valence-corrected chi connectivity index (χ0v) is 65.9. The number of hydrogen-bond donors (Lipinski definition) is 0. The molecule has 0 aromatic carbocycles. The lowest BCUT2D eigenvalue weighted by Crippen LogP contribution is -2.31. The Bertz CT molecular complexity index is 1800. The van der Waals surface area contributed by atoms with Crippen LogP contribution in [0.3, 0.4) is 0 Å². The number of halogens is 3. The van der Waals surface area contributed by atoms with Crippen molar-refractivity contribution >= 4 is 0 Å². The summed E-state index contributed by atoms with van der Waals surface area (Å²) < 4.78 is 49.4. The molecule has 0 saturated heterocycles. The van der Waals surface area contributed by atoms with E-state index in [4.69, 9.17) is 9.47 Å². The average molecular weight is 1570 g/mol. The fraction of sp³-hybridized carbons (Fsp3) is 1.00. The third-order valence-corrected chi connectivity index (χ3v) is 31.3. The van der Waals surface area contributed by atoms with Crippen LogP contribution < -0.4 is 0 Å². The molecule has 0 radical (unpaired) electrons. The van der Waals surface area contributed by atoms with Gasteiger partial charge in [-0.15, -0.1) is 0 Å². The van der Waals surface area contributed by atoms with Crippen molar-refractivity contribution < 1.29 is 41.2 Å². The molecule has 0 amide bonds. The number of ether oxygens (including phenoxy) is 2. The summed E-state index contributed by atoms with van der Waals surface area (Å²) in [5, 5.41) is 0. The molecule has 0 unspecified atom stereocenters. The van der Waals surface area contributed by atoms with Gasteiger partial charge in [0.05, 0.1) is 18.1 Å².